The molecule has 1 heterocycles. The van der Waals surface area contributed by atoms with E-state index >= 15 is 0 Å². The van der Waals surface area contributed by atoms with Gasteiger partial charge in [0, 0.05) is 4.47 Å². The molecule has 3 aromatic rings. The topological polar surface area (TPSA) is 38.0 Å². The molecule has 1 aromatic heterocycles. The molecular formula is C23H25BrN2O. The third kappa shape index (κ3) is 3.37. The highest BCUT2D eigenvalue weighted by Crippen LogP contribution is 2.48. The molecule has 4 heteroatoms. The monoisotopic (exact) mass is 424 g/mol. The number of aromatic nitrogens is 2. The van der Waals surface area contributed by atoms with Gasteiger partial charge in [-0.1, -0.05) is 60.1 Å². The first-order valence-corrected chi connectivity index (χ1v) is 10.3. The summed E-state index contributed by atoms with van der Waals surface area (Å²) in [5.41, 5.74) is 3.14. The molecule has 1 aliphatic carbocycles. The van der Waals surface area contributed by atoms with Crippen LogP contribution < -0.4 is 0 Å². The molecule has 1 fully saturated rings. The molecule has 0 bridgehead atoms. The van der Waals surface area contributed by atoms with Gasteiger partial charge in [0.1, 0.15) is 5.60 Å². The summed E-state index contributed by atoms with van der Waals surface area (Å²) in [5, 5.41) is 12.0. The van der Waals surface area contributed by atoms with Crippen LogP contribution in [-0.2, 0) is 6.54 Å². The van der Waals surface area contributed by atoms with E-state index in [4.69, 9.17) is 0 Å². The maximum Gasteiger partial charge on any atom is 0.109 e. The van der Waals surface area contributed by atoms with E-state index in [0.29, 0.717) is 6.54 Å². The predicted octanol–water partition coefficient (Wildman–Crippen LogP) is 5.82. The lowest BCUT2D eigenvalue weighted by Crippen LogP contribution is -2.51. The minimum absolute atomic E-state index is 0.210. The summed E-state index contributed by atoms with van der Waals surface area (Å²) < 4.78 is 3.16. The van der Waals surface area contributed by atoms with Gasteiger partial charge in [-0.3, -0.25) is 0 Å². The van der Waals surface area contributed by atoms with E-state index in [0.717, 1.165) is 45.9 Å². The van der Waals surface area contributed by atoms with Crippen LogP contribution in [0.15, 0.2) is 64.9 Å². The minimum atomic E-state index is -0.915. The van der Waals surface area contributed by atoms with Crippen LogP contribution in [0.25, 0.3) is 17.1 Å². The Labute approximate surface area is 168 Å². The Bertz CT molecular complexity index is 987. The quantitative estimate of drug-likeness (QED) is 0.574. The molecular weight excluding hydrogens is 400 g/mol. The van der Waals surface area contributed by atoms with Gasteiger partial charge in [0.2, 0.25) is 0 Å². The zero-order valence-electron chi connectivity index (χ0n) is 15.8. The summed E-state index contributed by atoms with van der Waals surface area (Å²) in [6.45, 7) is 4.88. The Morgan fingerprint density at radius 2 is 1.89 bits per heavy atom. The first kappa shape index (κ1) is 18.5. The minimum Gasteiger partial charge on any atom is -0.383 e. The second kappa shape index (κ2) is 6.92. The Morgan fingerprint density at radius 3 is 2.67 bits per heavy atom. The summed E-state index contributed by atoms with van der Waals surface area (Å²) >= 11 is 3.49. The second-order valence-electron chi connectivity index (χ2n) is 8.18. The van der Waals surface area contributed by atoms with Crippen molar-refractivity contribution in [3.8, 4) is 0 Å². The third-order valence-electron chi connectivity index (χ3n) is 6.04. The molecule has 1 saturated carbocycles. The number of benzene rings is 2. The van der Waals surface area contributed by atoms with E-state index in [1.807, 2.05) is 36.7 Å². The molecule has 4 rings (SSSR count). The number of aliphatic hydroxyl groups is 1. The van der Waals surface area contributed by atoms with Crippen LogP contribution >= 0.6 is 15.9 Å². The van der Waals surface area contributed by atoms with E-state index in [-0.39, 0.29) is 5.41 Å². The van der Waals surface area contributed by atoms with E-state index in [9.17, 15) is 5.11 Å². The third-order valence-corrected chi connectivity index (χ3v) is 6.56. The molecule has 0 radical (unpaired) electrons. The summed E-state index contributed by atoms with van der Waals surface area (Å²) in [5.74, 6) is 0. The van der Waals surface area contributed by atoms with Gasteiger partial charge in [-0.05, 0) is 60.1 Å². The molecule has 1 aliphatic rings. The largest absolute Gasteiger partial charge is 0.383 e. The summed E-state index contributed by atoms with van der Waals surface area (Å²) in [7, 11) is 0. The van der Waals surface area contributed by atoms with Gasteiger partial charge >= 0.3 is 0 Å². The maximum atomic E-state index is 12.0. The van der Waals surface area contributed by atoms with Crippen molar-refractivity contribution in [1.82, 2.24) is 9.55 Å². The first-order valence-electron chi connectivity index (χ1n) is 9.48. The lowest BCUT2D eigenvalue weighted by molar-refractivity contribution is -0.0663. The van der Waals surface area contributed by atoms with Crippen LogP contribution in [0.4, 0.5) is 0 Å². The van der Waals surface area contributed by atoms with E-state index in [1.165, 1.54) is 0 Å². The molecule has 0 aliphatic heterocycles. The van der Waals surface area contributed by atoms with Crippen molar-refractivity contribution in [2.24, 2.45) is 5.41 Å². The number of hydrogen-bond donors (Lipinski definition) is 1. The number of hydrogen-bond acceptors (Lipinski definition) is 2. The van der Waals surface area contributed by atoms with Gasteiger partial charge < -0.3 is 9.67 Å². The Balaban J connectivity index is 1.77. The molecule has 140 valence electrons. The number of rotatable bonds is 3. The van der Waals surface area contributed by atoms with Crippen LogP contribution in [-0.4, -0.2) is 20.3 Å². The fourth-order valence-corrected chi connectivity index (χ4v) is 4.48. The average Bonchev–Trinajstić information content (AvgIpc) is 3.04. The fraction of sp³-hybridized carbons (Fsp3) is 0.348. The predicted molar refractivity (Wildman–Crippen MR) is 114 cm³/mol. The van der Waals surface area contributed by atoms with Gasteiger partial charge in [0.25, 0.3) is 0 Å². The molecule has 0 unspecified atom stereocenters. The molecule has 0 saturated heterocycles. The normalized spacial score (nSPS) is 23.8. The summed E-state index contributed by atoms with van der Waals surface area (Å²) in [6, 6.07) is 16.4. The van der Waals surface area contributed by atoms with Gasteiger partial charge in [-0.25, -0.2) is 4.98 Å². The molecule has 1 N–H and O–H groups in total. The number of nitrogens with zero attached hydrogens (tertiary/aromatic N) is 2. The van der Waals surface area contributed by atoms with Crippen LogP contribution in [0, 0.1) is 5.41 Å². The fourth-order valence-electron chi connectivity index (χ4n) is 4.22. The zero-order valence-corrected chi connectivity index (χ0v) is 17.4. The first-order chi connectivity index (χ1) is 12.9. The van der Waals surface area contributed by atoms with Gasteiger partial charge in [-0.2, -0.15) is 0 Å². The van der Waals surface area contributed by atoms with Crippen molar-refractivity contribution < 1.29 is 5.11 Å². The number of imidazole rings is 1. The number of halogens is 1. The molecule has 0 amide bonds. The second-order valence-corrected chi connectivity index (χ2v) is 9.10. The lowest BCUT2D eigenvalue weighted by atomic mass is 9.62. The van der Waals surface area contributed by atoms with Crippen molar-refractivity contribution in [3.05, 3.63) is 70.5 Å². The number of para-hydroxylation sites is 2. The molecule has 3 nitrogen and oxygen atoms in total. The summed E-state index contributed by atoms with van der Waals surface area (Å²) in [6.07, 6.45) is 7.05. The SMILES string of the molecule is CC1(C)CCC/C(=C\c2ccc(Br)cc2)[C@]1(O)Cn1cnc2ccccc21. The van der Waals surface area contributed by atoms with Gasteiger partial charge in [0.05, 0.1) is 23.9 Å². The Kier molecular flexibility index (Phi) is 4.73. The van der Waals surface area contributed by atoms with Crippen molar-refractivity contribution in [3.63, 3.8) is 0 Å². The highest BCUT2D eigenvalue weighted by Gasteiger charge is 2.48. The van der Waals surface area contributed by atoms with E-state index < -0.39 is 5.60 Å². The standard InChI is InChI=1S/C23H25BrN2O/c1-22(2)13-5-6-18(14-17-9-11-19(24)12-10-17)23(22,27)15-26-16-25-20-7-3-4-8-21(20)26/h3-4,7-12,14,16,27H,5-6,13,15H2,1-2H3/b18-14+/t23-/m1/s1. The highest BCUT2D eigenvalue weighted by molar-refractivity contribution is 9.10. The maximum absolute atomic E-state index is 12.0. The summed E-state index contributed by atoms with van der Waals surface area (Å²) in [4.78, 5) is 4.51. The molecule has 27 heavy (non-hydrogen) atoms. The highest BCUT2D eigenvalue weighted by atomic mass is 79.9. The van der Waals surface area contributed by atoms with Crippen molar-refractivity contribution in [2.45, 2.75) is 45.3 Å². The zero-order chi connectivity index (χ0) is 19.1. The molecule has 2 aromatic carbocycles. The van der Waals surface area contributed by atoms with Crippen molar-refractivity contribution in [1.29, 1.82) is 0 Å². The van der Waals surface area contributed by atoms with Crippen molar-refractivity contribution >= 4 is 33.0 Å². The molecule has 0 spiro atoms. The van der Waals surface area contributed by atoms with Gasteiger partial charge in [-0.15, -0.1) is 0 Å². The van der Waals surface area contributed by atoms with Gasteiger partial charge in [0.15, 0.2) is 0 Å². The average molecular weight is 425 g/mol. The Morgan fingerprint density at radius 1 is 1.15 bits per heavy atom. The van der Waals surface area contributed by atoms with E-state index in [2.05, 4.69) is 63.6 Å². The lowest BCUT2D eigenvalue weighted by Gasteiger charge is -2.48. The number of fused-ring (bicyclic) bond motifs is 1. The van der Waals surface area contributed by atoms with Crippen LogP contribution in [0.5, 0.6) is 0 Å². The Hall–Kier alpha value is -1.91. The van der Waals surface area contributed by atoms with Crippen LogP contribution in [0.1, 0.15) is 38.7 Å². The van der Waals surface area contributed by atoms with Crippen LogP contribution in [0.3, 0.4) is 0 Å². The molecule has 1 atom stereocenters. The van der Waals surface area contributed by atoms with Crippen LogP contribution in [0.2, 0.25) is 0 Å². The van der Waals surface area contributed by atoms with E-state index in [1.54, 1.807) is 0 Å². The van der Waals surface area contributed by atoms with Crippen molar-refractivity contribution in [2.75, 3.05) is 0 Å². The smallest absolute Gasteiger partial charge is 0.109 e.